The molecule has 0 aliphatic heterocycles. The Morgan fingerprint density at radius 1 is 1.00 bits per heavy atom. The SMILES string of the molecule is Cc1ccc([N+](=O)[O-])cc1N(CC(=O)N(Cc1ccc(Cl)cc1)C(Cc1ccccc1)C(=O)NC(C)(C)C)S(C)(=O)=O. The minimum atomic E-state index is -4.08. The van der Waals surface area contributed by atoms with E-state index in [4.69, 9.17) is 11.6 Å². The summed E-state index contributed by atoms with van der Waals surface area (Å²) < 4.78 is 26.8. The molecule has 1 unspecified atom stereocenters. The third-order valence-corrected chi connectivity index (χ3v) is 7.77. The molecule has 0 spiro atoms. The number of aryl methyl sites for hydroxylation is 1. The van der Waals surface area contributed by atoms with E-state index in [9.17, 15) is 28.1 Å². The molecular weight excluding hydrogens is 580 g/mol. The van der Waals surface area contributed by atoms with E-state index >= 15 is 0 Å². The summed E-state index contributed by atoms with van der Waals surface area (Å²) in [6.07, 6.45) is 1.09. The zero-order valence-electron chi connectivity index (χ0n) is 24.2. The minimum absolute atomic E-state index is 0.00486. The molecule has 12 heteroatoms. The number of rotatable bonds is 11. The number of hydrogen-bond acceptors (Lipinski definition) is 6. The average Bonchev–Trinajstić information content (AvgIpc) is 2.89. The van der Waals surface area contributed by atoms with Crippen LogP contribution in [-0.2, 0) is 32.6 Å². The number of halogens is 1. The maximum Gasteiger partial charge on any atom is 0.271 e. The van der Waals surface area contributed by atoms with E-state index in [2.05, 4.69) is 5.32 Å². The van der Waals surface area contributed by atoms with Gasteiger partial charge in [0.25, 0.3) is 5.69 Å². The van der Waals surface area contributed by atoms with E-state index in [1.54, 1.807) is 31.2 Å². The zero-order chi connectivity index (χ0) is 31.2. The molecule has 2 amide bonds. The second kappa shape index (κ2) is 13.3. The number of carbonyl (C=O) groups is 2. The Morgan fingerprint density at radius 2 is 1.62 bits per heavy atom. The van der Waals surface area contributed by atoms with Crippen LogP contribution in [-0.4, -0.2) is 54.4 Å². The van der Waals surface area contributed by atoms with Crippen LogP contribution in [0.25, 0.3) is 0 Å². The highest BCUT2D eigenvalue weighted by atomic mass is 35.5. The van der Waals surface area contributed by atoms with Gasteiger partial charge in [0.2, 0.25) is 21.8 Å². The van der Waals surface area contributed by atoms with Crippen molar-refractivity contribution in [3.8, 4) is 0 Å². The van der Waals surface area contributed by atoms with Gasteiger partial charge in [-0.25, -0.2) is 8.42 Å². The summed E-state index contributed by atoms with van der Waals surface area (Å²) in [7, 11) is -4.08. The Balaban J connectivity index is 2.12. The molecule has 0 fully saturated rings. The van der Waals surface area contributed by atoms with Gasteiger partial charge in [0, 0.05) is 35.7 Å². The van der Waals surface area contributed by atoms with E-state index in [1.807, 2.05) is 51.1 Å². The Bertz CT molecular complexity index is 1540. The molecule has 10 nitrogen and oxygen atoms in total. The maximum absolute atomic E-state index is 14.2. The van der Waals surface area contributed by atoms with Gasteiger partial charge in [-0.1, -0.05) is 60.1 Å². The fourth-order valence-electron chi connectivity index (χ4n) is 4.37. The zero-order valence-corrected chi connectivity index (χ0v) is 25.8. The molecule has 3 aromatic rings. The average molecular weight is 615 g/mol. The molecule has 224 valence electrons. The topological polar surface area (TPSA) is 130 Å². The quantitative estimate of drug-likeness (QED) is 0.242. The number of amides is 2. The Labute approximate surface area is 251 Å². The summed E-state index contributed by atoms with van der Waals surface area (Å²) in [5.74, 6) is -1.07. The number of nitro groups is 1. The van der Waals surface area contributed by atoms with Crippen LogP contribution in [0.15, 0.2) is 72.8 Å². The summed E-state index contributed by atoms with van der Waals surface area (Å²) in [5.41, 5.74) is 0.975. The molecule has 3 rings (SSSR count). The minimum Gasteiger partial charge on any atom is -0.350 e. The van der Waals surface area contributed by atoms with Gasteiger partial charge >= 0.3 is 0 Å². The molecule has 3 aromatic carbocycles. The molecule has 42 heavy (non-hydrogen) atoms. The first-order valence-electron chi connectivity index (χ1n) is 13.2. The number of nitrogens with zero attached hydrogens (tertiary/aromatic N) is 3. The van der Waals surface area contributed by atoms with E-state index < -0.39 is 44.9 Å². The van der Waals surface area contributed by atoms with Gasteiger partial charge in [-0.2, -0.15) is 0 Å². The molecule has 0 aliphatic rings. The molecular formula is C30H35ClN4O6S. The lowest BCUT2D eigenvalue weighted by atomic mass is 10.0. The molecule has 0 aromatic heterocycles. The van der Waals surface area contributed by atoms with Crippen molar-refractivity contribution in [2.75, 3.05) is 17.1 Å². The second-order valence-electron chi connectivity index (χ2n) is 11.1. The summed E-state index contributed by atoms with van der Waals surface area (Å²) in [4.78, 5) is 40.1. The van der Waals surface area contributed by atoms with Crippen molar-refractivity contribution in [2.24, 2.45) is 0 Å². The first-order valence-corrected chi connectivity index (χ1v) is 15.4. The van der Waals surface area contributed by atoms with Crippen LogP contribution in [0.1, 0.15) is 37.5 Å². The van der Waals surface area contributed by atoms with Crippen LogP contribution < -0.4 is 9.62 Å². The van der Waals surface area contributed by atoms with Crippen molar-refractivity contribution in [1.82, 2.24) is 10.2 Å². The highest BCUT2D eigenvalue weighted by Gasteiger charge is 2.35. The lowest BCUT2D eigenvalue weighted by Gasteiger charge is -2.35. The van der Waals surface area contributed by atoms with Gasteiger partial charge in [0.1, 0.15) is 12.6 Å². The molecule has 0 aliphatic carbocycles. The van der Waals surface area contributed by atoms with Crippen molar-refractivity contribution in [3.05, 3.63) is 105 Å². The predicted molar refractivity (Wildman–Crippen MR) is 164 cm³/mol. The maximum atomic E-state index is 14.2. The number of hydrogen-bond donors (Lipinski definition) is 1. The largest absolute Gasteiger partial charge is 0.350 e. The Morgan fingerprint density at radius 3 is 2.17 bits per heavy atom. The lowest BCUT2D eigenvalue weighted by molar-refractivity contribution is -0.384. The molecule has 0 saturated heterocycles. The normalized spacial score (nSPS) is 12.3. The Kier molecular flexibility index (Phi) is 10.3. The van der Waals surface area contributed by atoms with Crippen molar-refractivity contribution in [1.29, 1.82) is 0 Å². The van der Waals surface area contributed by atoms with Crippen molar-refractivity contribution < 1.29 is 22.9 Å². The van der Waals surface area contributed by atoms with Gasteiger partial charge in [-0.3, -0.25) is 24.0 Å². The van der Waals surface area contributed by atoms with Gasteiger partial charge in [-0.15, -0.1) is 0 Å². The van der Waals surface area contributed by atoms with E-state index in [0.717, 1.165) is 22.2 Å². The highest BCUT2D eigenvalue weighted by Crippen LogP contribution is 2.28. The van der Waals surface area contributed by atoms with Crippen LogP contribution in [0.4, 0.5) is 11.4 Å². The van der Waals surface area contributed by atoms with Gasteiger partial charge in [-0.05, 0) is 56.5 Å². The van der Waals surface area contributed by atoms with E-state index in [0.29, 0.717) is 16.1 Å². The number of anilines is 1. The van der Waals surface area contributed by atoms with E-state index in [-0.39, 0.29) is 24.3 Å². The van der Waals surface area contributed by atoms with Crippen LogP contribution in [0.3, 0.4) is 0 Å². The number of non-ortho nitro benzene ring substituents is 1. The van der Waals surface area contributed by atoms with Gasteiger partial charge in [0.15, 0.2) is 0 Å². The molecule has 1 N–H and O–H groups in total. The number of benzene rings is 3. The summed E-state index contributed by atoms with van der Waals surface area (Å²) in [5, 5.41) is 14.9. The first kappa shape index (κ1) is 32.6. The first-order chi connectivity index (χ1) is 19.5. The fourth-order valence-corrected chi connectivity index (χ4v) is 5.39. The van der Waals surface area contributed by atoms with Crippen LogP contribution in [0, 0.1) is 17.0 Å². The number of sulfonamides is 1. The third-order valence-electron chi connectivity index (χ3n) is 6.39. The summed E-state index contributed by atoms with van der Waals surface area (Å²) in [6, 6.07) is 18.8. The summed E-state index contributed by atoms with van der Waals surface area (Å²) >= 11 is 6.07. The monoisotopic (exact) mass is 614 g/mol. The Hall–Kier alpha value is -3.96. The standard InChI is InChI=1S/C30H35ClN4O6S/c1-21-11-16-25(35(38)39)18-26(21)34(42(5,40)41)20-28(36)33(19-23-12-14-24(31)15-13-23)27(29(37)32-30(2,3)4)17-22-9-7-6-8-10-22/h6-16,18,27H,17,19-20H2,1-5H3,(H,32,37). The second-order valence-corrected chi connectivity index (χ2v) is 13.4. The lowest BCUT2D eigenvalue weighted by Crippen LogP contribution is -2.56. The smallest absolute Gasteiger partial charge is 0.271 e. The fraction of sp³-hybridized carbons (Fsp3) is 0.333. The van der Waals surface area contributed by atoms with Crippen LogP contribution >= 0.6 is 11.6 Å². The summed E-state index contributed by atoms with van der Waals surface area (Å²) in [6.45, 7) is 6.38. The van der Waals surface area contributed by atoms with E-state index in [1.165, 1.54) is 17.0 Å². The van der Waals surface area contributed by atoms with Gasteiger partial charge in [0.05, 0.1) is 16.9 Å². The number of carbonyl (C=O) groups excluding carboxylic acids is 2. The van der Waals surface area contributed by atoms with Crippen molar-refractivity contribution in [3.63, 3.8) is 0 Å². The van der Waals surface area contributed by atoms with Crippen molar-refractivity contribution in [2.45, 2.75) is 52.2 Å². The number of nitrogens with one attached hydrogen (secondary N) is 1. The highest BCUT2D eigenvalue weighted by molar-refractivity contribution is 7.92. The van der Waals surface area contributed by atoms with Crippen molar-refractivity contribution >= 4 is 44.8 Å². The molecule has 0 bridgehead atoms. The molecule has 0 saturated carbocycles. The molecule has 1 atom stereocenters. The molecule has 0 radical (unpaired) electrons. The van der Waals surface area contributed by atoms with Gasteiger partial charge < -0.3 is 10.2 Å². The molecule has 0 heterocycles. The third kappa shape index (κ3) is 9.02. The number of nitro benzene ring substituents is 1. The predicted octanol–water partition coefficient (Wildman–Crippen LogP) is 4.88. The van der Waals surface area contributed by atoms with Crippen LogP contribution in [0.2, 0.25) is 5.02 Å². The van der Waals surface area contributed by atoms with Crippen LogP contribution in [0.5, 0.6) is 0 Å².